The lowest BCUT2D eigenvalue weighted by Gasteiger charge is -2.29. The van der Waals surface area contributed by atoms with E-state index in [1.807, 2.05) is 94.1 Å². The normalized spacial score (nSPS) is 21.1. The maximum Gasteiger partial charge on any atom is 0.0706 e. The lowest BCUT2D eigenvalue weighted by molar-refractivity contribution is 0.676. The number of hydrogen-bond donors (Lipinski definition) is 0. The first-order valence-electron chi connectivity index (χ1n) is 12.2. The van der Waals surface area contributed by atoms with Gasteiger partial charge in [-0.15, -0.1) is 0 Å². The van der Waals surface area contributed by atoms with E-state index in [4.69, 9.17) is 0 Å². The van der Waals surface area contributed by atoms with E-state index in [2.05, 4.69) is 68.5 Å². The Balaban J connectivity index is 1.06. The molecule has 184 valence electrons. The number of hydrogen-bond acceptors (Lipinski definition) is 8. The van der Waals surface area contributed by atoms with Crippen molar-refractivity contribution in [1.29, 1.82) is 0 Å². The minimum absolute atomic E-state index is 0.633. The quantitative estimate of drug-likeness (QED) is 0.202. The van der Waals surface area contributed by atoms with Gasteiger partial charge in [0.1, 0.15) is 0 Å². The lowest BCUT2D eigenvalue weighted by atomic mass is 9.94. The molecular weight excluding hydrogens is 605 g/mol. The van der Waals surface area contributed by atoms with Gasteiger partial charge in [-0.1, -0.05) is 126 Å². The third kappa shape index (κ3) is 4.33. The summed E-state index contributed by atoms with van der Waals surface area (Å²) in [5.41, 5.74) is 1.60. The number of allylic oxidation sites excluding steroid dienone is 3. The van der Waals surface area contributed by atoms with E-state index < -0.39 is 0 Å². The van der Waals surface area contributed by atoms with Crippen molar-refractivity contribution in [3.05, 3.63) is 78.5 Å². The molecule has 0 radical (unpaired) electrons. The van der Waals surface area contributed by atoms with Crippen LogP contribution in [0.5, 0.6) is 0 Å². The maximum absolute atomic E-state index is 2.47. The van der Waals surface area contributed by atoms with Gasteiger partial charge in [-0.25, -0.2) is 0 Å². The van der Waals surface area contributed by atoms with Crippen LogP contribution in [0.15, 0.2) is 127 Å². The second-order valence-electron chi connectivity index (χ2n) is 9.32. The highest BCUT2D eigenvalue weighted by atomic mass is 32.2. The Labute approximate surface area is 251 Å². The maximum atomic E-state index is 2.47. The first kappa shape index (κ1) is 24.5. The average molecular weight is 625 g/mol. The molecule has 4 heterocycles. The van der Waals surface area contributed by atoms with Crippen molar-refractivity contribution in [3.63, 3.8) is 0 Å². The molecule has 0 saturated heterocycles. The Morgan fingerprint density at radius 1 is 0.595 bits per heavy atom. The summed E-state index contributed by atoms with van der Waals surface area (Å²) in [6.07, 6.45) is 4.85. The minimum atomic E-state index is 0.633. The summed E-state index contributed by atoms with van der Waals surface area (Å²) in [5, 5.41) is 0. The first-order valence-corrected chi connectivity index (χ1v) is 18.7. The molecule has 3 aromatic carbocycles. The van der Waals surface area contributed by atoms with Gasteiger partial charge in [-0.3, -0.25) is 0 Å². The Bertz CT molecular complexity index is 1560. The van der Waals surface area contributed by atoms with Crippen LogP contribution in [0, 0.1) is 5.92 Å². The van der Waals surface area contributed by atoms with Crippen molar-refractivity contribution in [2.24, 2.45) is 5.92 Å². The predicted molar refractivity (Wildman–Crippen MR) is 169 cm³/mol. The highest BCUT2D eigenvalue weighted by Crippen LogP contribution is 2.64. The summed E-state index contributed by atoms with van der Waals surface area (Å²) in [5.74, 6) is 0.633. The number of rotatable bonds is 1. The van der Waals surface area contributed by atoms with Crippen LogP contribution < -0.4 is 0 Å². The van der Waals surface area contributed by atoms with Gasteiger partial charge >= 0.3 is 0 Å². The number of fused-ring (bicyclic) bond motifs is 5. The molecule has 0 spiro atoms. The largest absolute Gasteiger partial charge is 0.0918 e. The summed E-state index contributed by atoms with van der Waals surface area (Å²) < 4.78 is 2.88. The second-order valence-corrected chi connectivity index (χ2v) is 18.4. The van der Waals surface area contributed by atoms with E-state index in [1.54, 1.807) is 10.5 Å². The SMILES string of the molecule is CCC1=CC2=C(Sc3cc4c(cc3S2)SC(=C2Sc3cc5c(cc3S2)Sc2ccccc2S5)S4)C(C)C1. The van der Waals surface area contributed by atoms with Gasteiger partial charge in [0.15, 0.2) is 0 Å². The van der Waals surface area contributed by atoms with Gasteiger partial charge in [0.05, 0.1) is 8.47 Å². The zero-order chi connectivity index (χ0) is 24.7. The lowest BCUT2D eigenvalue weighted by Crippen LogP contribution is -2.08. The Kier molecular flexibility index (Phi) is 6.38. The Morgan fingerprint density at radius 3 is 1.57 bits per heavy atom. The van der Waals surface area contributed by atoms with Crippen LogP contribution in [0.4, 0.5) is 0 Å². The van der Waals surface area contributed by atoms with Gasteiger partial charge in [-0.2, -0.15) is 0 Å². The van der Waals surface area contributed by atoms with E-state index in [-0.39, 0.29) is 0 Å². The van der Waals surface area contributed by atoms with E-state index in [0.717, 1.165) is 6.42 Å². The summed E-state index contributed by atoms with van der Waals surface area (Å²) in [4.78, 5) is 17.1. The molecule has 5 aliphatic rings. The fourth-order valence-corrected chi connectivity index (χ4v) is 15.5. The zero-order valence-electron chi connectivity index (χ0n) is 20.0. The molecule has 3 aromatic rings. The van der Waals surface area contributed by atoms with Crippen LogP contribution in [0.3, 0.4) is 0 Å². The molecule has 0 fully saturated rings. The van der Waals surface area contributed by atoms with E-state index in [0.29, 0.717) is 5.92 Å². The van der Waals surface area contributed by atoms with Crippen molar-refractivity contribution in [2.75, 3.05) is 0 Å². The molecule has 0 bridgehead atoms. The summed E-state index contributed by atoms with van der Waals surface area (Å²) in [6, 6.07) is 18.5. The van der Waals surface area contributed by atoms with Crippen LogP contribution in [-0.4, -0.2) is 0 Å². The topological polar surface area (TPSA) is 0 Å². The molecule has 1 atom stereocenters. The minimum Gasteiger partial charge on any atom is -0.0918 e. The molecule has 4 aliphatic heterocycles. The third-order valence-corrected chi connectivity index (χ3v) is 17.6. The molecule has 1 unspecified atom stereocenters. The molecule has 0 amide bonds. The van der Waals surface area contributed by atoms with E-state index >= 15 is 0 Å². The van der Waals surface area contributed by atoms with Crippen LogP contribution >= 0.6 is 94.1 Å². The van der Waals surface area contributed by atoms with Gasteiger partial charge < -0.3 is 0 Å². The van der Waals surface area contributed by atoms with Crippen molar-refractivity contribution in [1.82, 2.24) is 0 Å². The highest BCUT2D eigenvalue weighted by Gasteiger charge is 2.32. The van der Waals surface area contributed by atoms with E-state index in [9.17, 15) is 0 Å². The van der Waals surface area contributed by atoms with Crippen LogP contribution in [0.1, 0.15) is 26.7 Å². The summed E-state index contributed by atoms with van der Waals surface area (Å²) in [7, 11) is 0. The molecule has 8 heteroatoms. The van der Waals surface area contributed by atoms with Crippen molar-refractivity contribution in [2.45, 2.75) is 75.6 Å². The molecular formula is C29H20S8. The fraction of sp³-hybridized carbons (Fsp3) is 0.172. The van der Waals surface area contributed by atoms with Gasteiger partial charge in [-0.05, 0) is 61.2 Å². The Morgan fingerprint density at radius 2 is 1.05 bits per heavy atom. The van der Waals surface area contributed by atoms with Crippen LogP contribution in [0.2, 0.25) is 0 Å². The molecule has 0 saturated carbocycles. The third-order valence-electron chi connectivity index (χ3n) is 6.77. The number of benzene rings is 3. The fourth-order valence-electron chi connectivity index (χ4n) is 4.91. The van der Waals surface area contributed by atoms with Crippen LogP contribution in [0.25, 0.3) is 0 Å². The van der Waals surface area contributed by atoms with Crippen molar-refractivity contribution >= 4 is 94.1 Å². The van der Waals surface area contributed by atoms with Gasteiger partial charge in [0.2, 0.25) is 0 Å². The molecule has 1 aliphatic carbocycles. The molecule has 0 aromatic heterocycles. The zero-order valence-corrected chi connectivity index (χ0v) is 26.5. The number of thioether (sulfide) groups is 6. The monoisotopic (exact) mass is 624 g/mol. The second kappa shape index (κ2) is 9.65. The van der Waals surface area contributed by atoms with Gasteiger partial charge in [0.25, 0.3) is 0 Å². The molecule has 0 nitrogen and oxygen atoms in total. The highest BCUT2D eigenvalue weighted by molar-refractivity contribution is 8.30. The first-order chi connectivity index (χ1) is 18.1. The van der Waals surface area contributed by atoms with E-state index in [1.165, 1.54) is 68.8 Å². The smallest absolute Gasteiger partial charge is 0.0706 e. The molecule has 37 heavy (non-hydrogen) atoms. The molecule has 8 rings (SSSR count). The standard InChI is InChI=1S/C29H20S8/c1-3-15-8-14(2)27-26(9-15)32-20-12-24-25(13-21(20)33-27)37-29(36-24)28-34-22-10-18-19(11-23(22)35-28)31-17-7-5-4-6-16(17)30-18/h4-7,9-14H,3,8H2,1-2H3. The van der Waals surface area contributed by atoms with Crippen molar-refractivity contribution in [3.8, 4) is 0 Å². The van der Waals surface area contributed by atoms with Crippen LogP contribution in [-0.2, 0) is 0 Å². The van der Waals surface area contributed by atoms with Crippen molar-refractivity contribution < 1.29 is 0 Å². The predicted octanol–water partition coefficient (Wildman–Crippen LogP) is 12.3. The summed E-state index contributed by atoms with van der Waals surface area (Å²) >= 11 is 15.7. The van der Waals surface area contributed by atoms with Gasteiger partial charge in [0, 0.05) is 58.8 Å². The average Bonchev–Trinajstić information content (AvgIpc) is 3.51. The summed E-state index contributed by atoms with van der Waals surface area (Å²) in [6.45, 7) is 4.69. The molecule has 0 N–H and O–H groups in total. The Hall–Kier alpha value is -0.320.